The van der Waals surface area contributed by atoms with Crippen LogP contribution >= 0.6 is 0 Å². The summed E-state index contributed by atoms with van der Waals surface area (Å²) in [5, 5.41) is 0. The summed E-state index contributed by atoms with van der Waals surface area (Å²) in [6.45, 7) is 2.89. The molecule has 1 aromatic rings. The maximum absolute atomic E-state index is 11.9. The van der Waals surface area contributed by atoms with Crippen LogP contribution in [0.15, 0.2) is 12.4 Å². The van der Waals surface area contributed by atoms with Gasteiger partial charge in [-0.2, -0.15) is 0 Å². The highest BCUT2D eigenvalue weighted by molar-refractivity contribution is 5.78. The third-order valence-electron chi connectivity index (χ3n) is 3.73. The molecule has 0 saturated carbocycles. The van der Waals surface area contributed by atoms with Crippen LogP contribution in [0, 0.1) is 0 Å². The van der Waals surface area contributed by atoms with Crippen LogP contribution in [0.1, 0.15) is 70.5 Å². The van der Waals surface area contributed by atoms with Crippen molar-refractivity contribution in [3.63, 3.8) is 0 Å². The summed E-state index contributed by atoms with van der Waals surface area (Å²) in [5.74, 6) is 1.23. The van der Waals surface area contributed by atoms with E-state index in [1.807, 2.05) is 10.8 Å². The third-order valence-corrected chi connectivity index (χ3v) is 3.73. The molecule has 0 bridgehead atoms. The fraction of sp³-hybridized carbons (Fsp3) is 0.706. The molecule has 0 N–H and O–H groups in total. The summed E-state index contributed by atoms with van der Waals surface area (Å²) in [4.78, 5) is 26.5. The van der Waals surface area contributed by atoms with Crippen molar-refractivity contribution in [2.75, 3.05) is 0 Å². The molecule has 0 fully saturated rings. The van der Waals surface area contributed by atoms with E-state index in [0.717, 1.165) is 18.5 Å². The predicted molar refractivity (Wildman–Crippen MR) is 84.2 cm³/mol. The van der Waals surface area contributed by atoms with E-state index in [2.05, 4.69) is 11.9 Å². The maximum atomic E-state index is 11.9. The minimum absolute atomic E-state index is 0.334. The number of hydrogen-bond donors (Lipinski definition) is 0. The molecule has 1 rings (SSSR count). The second-order valence-electron chi connectivity index (χ2n) is 5.55. The lowest BCUT2D eigenvalue weighted by Crippen LogP contribution is -2.08. The van der Waals surface area contributed by atoms with Gasteiger partial charge in [0, 0.05) is 44.6 Å². The zero-order chi connectivity index (χ0) is 15.3. The van der Waals surface area contributed by atoms with Gasteiger partial charge in [-0.15, -0.1) is 0 Å². The van der Waals surface area contributed by atoms with E-state index in [1.54, 1.807) is 6.20 Å². The van der Waals surface area contributed by atoms with Crippen LogP contribution in [0.3, 0.4) is 0 Å². The number of unbranched alkanes of at least 4 members (excludes halogenated alkanes) is 5. The van der Waals surface area contributed by atoms with Gasteiger partial charge in [-0.25, -0.2) is 4.98 Å². The van der Waals surface area contributed by atoms with Crippen LogP contribution in [0.4, 0.5) is 0 Å². The van der Waals surface area contributed by atoms with Crippen molar-refractivity contribution >= 4 is 12.1 Å². The van der Waals surface area contributed by atoms with Gasteiger partial charge in [0.1, 0.15) is 17.9 Å². The maximum Gasteiger partial charge on any atom is 0.134 e. The zero-order valence-corrected chi connectivity index (χ0v) is 13.2. The Balaban J connectivity index is 2.15. The number of aryl methyl sites for hydroxylation is 2. The Bertz CT molecular complexity index is 413. The average molecular weight is 292 g/mol. The Morgan fingerprint density at radius 1 is 1.19 bits per heavy atom. The molecule has 0 spiro atoms. The minimum Gasteiger partial charge on any atom is -0.334 e. The van der Waals surface area contributed by atoms with E-state index >= 15 is 0 Å². The highest BCUT2D eigenvalue weighted by atomic mass is 16.1. The second-order valence-corrected chi connectivity index (χ2v) is 5.55. The molecule has 0 atom stereocenters. The summed E-state index contributed by atoms with van der Waals surface area (Å²) in [5.41, 5.74) is 0. The number of imidazole rings is 1. The number of ketones is 1. The lowest BCUT2D eigenvalue weighted by atomic mass is 10.1. The molecular formula is C17H28N2O2. The Morgan fingerprint density at radius 3 is 2.71 bits per heavy atom. The fourth-order valence-corrected chi connectivity index (χ4v) is 2.43. The fourth-order valence-electron chi connectivity index (χ4n) is 2.43. The van der Waals surface area contributed by atoms with Gasteiger partial charge < -0.3 is 9.36 Å². The first-order valence-electron chi connectivity index (χ1n) is 8.23. The van der Waals surface area contributed by atoms with Gasteiger partial charge in [0.05, 0.1) is 0 Å². The minimum atomic E-state index is 0.334. The number of hydrogen-bond acceptors (Lipinski definition) is 3. The number of Topliss-reactive ketones (excluding diaryl/α,β-unsaturated/α-hetero) is 1. The normalized spacial score (nSPS) is 10.7. The summed E-state index contributed by atoms with van der Waals surface area (Å²) >= 11 is 0. The highest BCUT2D eigenvalue weighted by Gasteiger charge is 2.06. The summed E-state index contributed by atoms with van der Waals surface area (Å²) in [6, 6.07) is 0. The van der Waals surface area contributed by atoms with Crippen LogP contribution in [0.25, 0.3) is 0 Å². The molecule has 21 heavy (non-hydrogen) atoms. The summed E-state index contributed by atoms with van der Waals surface area (Å²) in [6.07, 6.45) is 14.2. The Kier molecular flexibility index (Phi) is 9.42. The molecular weight excluding hydrogens is 264 g/mol. The molecule has 0 saturated heterocycles. The quantitative estimate of drug-likeness (QED) is 0.411. The number of aldehydes is 1. The standard InChI is InChI=1S/C17H28N2O2/c1-2-3-4-5-6-7-9-16(21)11-13-19-14-12-18-17(19)10-8-15-20/h12,14-15H,2-11,13H2,1H3. The summed E-state index contributed by atoms with van der Waals surface area (Å²) < 4.78 is 1.99. The van der Waals surface area contributed by atoms with Crippen molar-refractivity contribution in [2.45, 2.75) is 77.7 Å². The van der Waals surface area contributed by atoms with Gasteiger partial charge in [-0.1, -0.05) is 39.0 Å². The SMILES string of the molecule is CCCCCCCCC(=O)CCn1ccnc1CCC=O. The van der Waals surface area contributed by atoms with E-state index in [0.29, 0.717) is 38.0 Å². The van der Waals surface area contributed by atoms with Crippen LogP contribution in [-0.2, 0) is 22.6 Å². The Hall–Kier alpha value is -1.45. The van der Waals surface area contributed by atoms with E-state index in [4.69, 9.17) is 0 Å². The van der Waals surface area contributed by atoms with Gasteiger partial charge in [-0.05, 0) is 6.42 Å². The first kappa shape index (κ1) is 17.6. The van der Waals surface area contributed by atoms with Crippen molar-refractivity contribution in [1.29, 1.82) is 0 Å². The molecule has 0 aromatic carbocycles. The molecule has 118 valence electrons. The molecule has 0 radical (unpaired) electrons. The molecule has 1 aromatic heterocycles. The number of aromatic nitrogens is 2. The van der Waals surface area contributed by atoms with Crippen molar-refractivity contribution in [3.8, 4) is 0 Å². The predicted octanol–water partition coefficient (Wildman–Crippen LogP) is 3.72. The van der Waals surface area contributed by atoms with Gasteiger partial charge in [0.2, 0.25) is 0 Å². The van der Waals surface area contributed by atoms with Crippen LogP contribution in [0.5, 0.6) is 0 Å². The topological polar surface area (TPSA) is 52.0 Å². The molecule has 0 aliphatic rings. The van der Waals surface area contributed by atoms with Gasteiger partial charge in [-0.3, -0.25) is 4.79 Å². The molecule has 1 heterocycles. The van der Waals surface area contributed by atoms with Crippen LogP contribution in [0.2, 0.25) is 0 Å². The van der Waals surface area contributed by atoms with Crippen LogP contribution in [-0.4, -0.2) is 21.6 Å². The molecule has 0 unspecified atom stereocenters. The largest absolute Gasteiger partial charge is 0.334 e. The Morgan fingerprint density at radius 2 is 1.95 bits per heavy atom. The van der Waals surface area contributed by atoms with Gasteiger partial charge in [0.15, 0.2) is 0 Å². The first-order valence-corrected chi connectivity index (χ1v) is 8.23. The van der Waals surface area contributed by atoms with Gasteiger partial charge >= 0.3 is 0 Å². The monoisotopic (exact) mass is 292 g/mol. The lowest BCUT2D eigenvalue weighted by Gasteiger charge is -2.06. The van der Waals surface area contributed by atoms with Crippen molar-refractivity contribution in [3.05, 3.63) is 18.2 Å². The molecule has 0 amide bonds. The smallest absolute Gasteiger partial charge is 0.134 e. The van der Waals surface area contributed by atoms with Crippen molar-refractivity contribution in [1.82, 2.24) is 9.55 Å². The van der Waals surface area contributed by atoms with E-state index < -0.39 is 0 Å². The second kappa shape index (κ2) is 11.2. The number of nitrogens with zero attached hydrogens (tertiary/aromatic N) is 2. The Labute approximate surface area is 128 Å². The van der Waals surface area contributed by atoms with Crippen molar-refractivity contribution < 1.29 is 9.59 Å². The van der Waals surface area contributed by atoms with Gasteiger partial charge in [0.25, 0.3) is 0 Å². The molecule has 4 nitrogen and oxygen atoms in total. The van der Waals surface area contributed by atoms with E-state index in [9.17, 15) is 9.59 Å². The molecule has 0 aliphatic carbocycles. The van der Waals surface area contributed by atoms with E-state index in [1.165, 1.54) is 32.1 Å². The number of carbonyl (C=O) groups is 2. The first-order chi connectivity index (χ1) is 10.3. The van der Waals surface area contributed by atoms with Crippen molar-refractivity contribution in [2.24, 2.45) is 0 Å². The van der Waals surface area contributed by atoms with Crippen LogP contribution < -0.4 is 0 Å². The number of carbonyl (C=O) groups excluding carboxylic acids is 2. The average Bonchev–Trinajstić information content (AvgIpc) is 2.94. The highest BCUT2D eigenvalue weighted by Crippen LogP contribution is 2.09. The summed E-state index contributed by atoms with van der Waals surface area (Å²) in [7, 11) is 0. The lowest BCUT2D eigenvalue weighted by molar-refractivity contribution is -0.119. The zero-order valence-electron chi connectivity index (χ0n) is 13.2. The number of rotatable bonds is 13. The molecule has 0 aliphatic heterocycles. The third kappa shape index (κ3) is 7.78. The van der Waals surface area contributed by atoms with E-state index in [-0.39, 0.29) is 0 Å². The molecule has 4 heteroatoms.